The van der Waals surface area contributed by atoms with E-state index in [4.69, 9.17) is 19.5 Å². The number of nitrogens with one attached hydrogen (secondary N) is 3. The number of imidazole rings is 1. The number of aliphatic imine (C=N–C) groups is 1. The van der Waals surface area contributed by atoms with Gasteiger partial charge in [0.2, 0.25) is 11.8 Å². The predicted molar refractivity (Wildman–Crippen MR) is 252 cm³/mol. The second-order valence-corrected chi connectivity index (χ2v) is 19.7. The molecule has 1 saturated heterocycles. The van der Waals surface area contributed by atoms with Crippen LogP contribution in [0.2, 0.25) is 0 Å². The van der Waals surface area contributed by atoms with E-state index >= 15 is 0 Å². The fourth-order valence-electron chi connectivity index (χ4n) is 10.3. The van der Waals surface area contributed by atoms with Crippen molar-refractivity contribution in [1.82, 2.24) is 30.4 Å². The highest BCUT2D eigenvalue weighted by atomic mass is 32.1. The Kier molecular flexibility index (Phi) is 11.6. The van der Waals surface area contributed by atoms with Gasteiger partial charge in [0, 0.05) is 44.2 Å². The van der Waals surface area contributed by atoms with E-state index < -0.39 is 24.3 Å². The highest BCUT2D eigenvalue weighted by Gasteiger charge is 2.51. The van der Waals surface area contributed by atoms with E-state index in [1.165, 1.54) is 34.4 Å². The molecule has 14 heteroatoms. The van der Waals surface area contributed by atoms with Crippen molar-refractivity contribution in [3.8, 4) is 11.1 Å². The molecule has 334 valence electrons. The zero-order valence-corrected chi connectivity index (χ0v) is 38.6. The third-order valence-corrected chi connectivity index (χ3v) is 14.9. The summed E-state index contributed by atoms with van der Waals surface area (Å²) >= 11 is 1.76. The summed E-state index contributed by atoms with van der Waals surface area (Å²) in [6.45, 7) is 12.5. The van der Waals surface area contributed by atoms with E-state index in [-0.39, 0.29) is 41.7 Å². The van der Waals surface area contributed by atoms with Crippen molar-refractivity contribution in [2.75, 3.05) is 20.8 Å². The van der Waals surface area contributed by atoms with Crippen LogP contribution < -0.4 is 10.6 Å². The lowest BCUT2D eigenvalue weighted by molar-refractivity contribution is -0.139. The van der Waals surface area contributed by atoms with Gasteiger partial charge in [-0.05, 0) is 97.7 Å². The lowest BCUT2D eigenvalue weighted by Gasteiger charge is -2.37. The first kappa shape index (κ1) is 43.2. The summed E-state index contributed by atoms with van der Waals surface area (Å²) in [6, 6.07) is 18.0. The molecule has 1 saturated carbocycles. The molecular weight excluding hydrogens is 827 g/mol. The van der Waals surface area contributed by atoms with Crippen LogP contribution in [0, 0.1) is 23.7 Å². The van der Waals surface area contributed by atoms with Gasteiger partial charge in [0.15, 0.2) is 0 Å². The Balaban J connectivity index is 0.974. The number of aromatic amines is 1. The van der Waals surface area contributed by atoms with Crippen molar-refractivity contribution in [2.24, 2.45) is 28.7 Å². The summed E-state index contributed by atoms with van der Waals surface area (Å²) in [4.78, 5) is 70.2. The molecule has 4 aliphatic rings. The molecule has 5 aromatic rings. The topological polar surface area (TPSA) is 158 Å². The smallest absolute Gasteiger partial charge is 0.407 e. The Labute approximate surface area is 377 Å². The van der Waals surface area contributed by atoms with Crippen LogP contribution in [0.15, 0.2) is 76.9 Å². The number of piperidine rings is 1. The lowest BCUT2D eigenvalue weighted by Crippen LogP contribution is -2.54. The minimum Gasteiger partial charge on any atom is -0.453 e. The fraction of sp³-hybridized carbons (Fsp3) is 0.440. The van der Waals surface area contributed by atoms with Crippen molar-refractivity contribution in [3.05, 3.63) is 83.3 Å². The number of methoxy groups -OCH3 is 2. The van der Waals surface area contributed by atoms with Gasteiger partial charge < -0.3 is 34.9 Å². The normalized spacial score (nSPS) is 21.8. The minimum atomic E-state index is -0.718. The van der Waals surface area contributed by atoms with Crippen LogP contribution in [-0.4, -0.2) is 88.4 Å². The van der Waals surface area contributed by atoms with Gasteiger partial charge in [0.05, 0.1) is 48.4 Å². The molecule has 13 nitrogen and oxygen atoms in total. The Morgan fingerprint density at radius 1 is 0.828 bits per heavy atom. The quantitative estimate of drug-likeness (QED) is 0.126. The summed E-state index contributed by atoms with van der Waals surface area (Å²) < 4.78 is 12.1. The monoisotopic (exact) mass is 883 g/mol. The van der Waals surface area contributed by atoms with Crippen molar-refractivity contribution in [2.45, 2.75) is 97.8 Å². The van der Waals surface area contributed by atoms with Crippen molar-refractivity contribution >= 4 is 78.0 Å². The molecular formula is C50H57N7O6S. The number of hydrogen-bond acceptors (Lipinski definition) is 9. The van der Waals surface area contributed by atoms with Crippen LogP contribution in [0.25, 0.3) is 48.0 Å². The maximum absolute atomic E-state index is 14.1. The zero-order valence-electron chi connectivity index (χ0n) is 37.8. The fourth-order valence-corrected chi connectivity index (χ4v) is 11.5. The Morgan fingerprint density at radius 3 is 2.12 bits per heavy atom. The third kappa shape index (κ3) is 7.73. The molecule has 3 N–H and O–H groups in total. The van der Waals surface area contributed by atoms with Crippen molar-refractivity contribution in [3.63, 3.8) is 0 Å². The standard InChI is InChI=1S/C50H57N7O6S/c1-25(2)41(54-49(60)62-7)47(58)56-20-19-28(6)44(56)43-27(5)9-17-36(51-43)31-12-16-35-34-15-11-30(23-39(34)64-40(35)24-31)29-13-18-37-38(22-29)53-46(52-37)45-32-10-14-33(21-32)57(45)48(59)42(26(3)4)55-50(61)63-8/h11-13,15-18,22-27,32-33,41-42,45H,9-10,14,19-21H2,1-8H3,(H,52,53)(H,54,60)(H,55,61). The number of benzene rings is 3. The maximum Gasteiger partial charge on any atom is 0.407 e. The maximum atomic E-state index is 14.1. The summed E-state index contributed by atoms with van der Waals surface area (Å²) in [5.74, 6) is 0.734. The number of carbonyl (C=O) groups is 4. The third-order valence-electron chi connectivity index (χ3n) is 13.8. The molecule has 64 heavy (non-hydrogen) atoms. The number of alkyl carbamates (subject to hydrolysis) is 2. The van der Waals surface area contributed by atoms with E-state index in [1.807, 2.05) is 37.5 Å². The number of hydrogen-bond donors (Lipinski definition) is 3. The van der Waals surface area contributed by atoms with Gasteiger partial charge in [-0.3, -0.25) is 14.6 Å². The number of likely N-dealkylation sites (tertiary alicyclic amines) is 1. The number of rotatable bonds is 10. The molecule has 0 spiro atoms. The number of aromatic nitrogens is 2. The molecule has 4 amide bonds. The van der Waals surface area contributed by atoms with Gasteiger partial charge in [-0.2, -0.15) is 0 Å². The number of carbonyl (C=O) groups excluding carboxylic acids is 4. The van der Waals surface area contributed by atoms with Gasteiger partial charge >= 0.3 is 12.2 Å². The number of allylic oxidation sites excluding steroid dienone is 2. The summed E-state index contributed by atoms with van der Waals surface area (Å²) in [7, 11) is 2.62. The Hall–Kier alpha value is -6.02. The van der Waals surface area contributed by atoms with Gasteiger partial charge in [0.1, 0.15) is 17.9 Å². The first-order valence-corrected chi connectivity index (χ1v) is 23.3. The largest absolute Gasteiger partial charge is 0.453 e. The van der Waals surface area contributed by atoms with Crippen LogP contribution >= 0.6 is 11.3 Å². The minimum absolute atomic E-state index is 0.0887. The van der Waals surface area contributed by atoms with Crippen LogP contribution in [0.5, 0.6) is 0 Å². The molecule has 0 radical (unpaired) electrons. The van der Waals surface area contributed by atoms with Gasteiger partial charge in [0.25, 0.3) is 0 Å². The Bertz CT molecular complexity index is 2800. The number of nitrogens with zero attached hydrogens (tertiary/aromatic N) is 4. The van der Waals surface area contributed by atoms with Crippen LogP contribution in [0.3, 0.4) is 0 Å². The summed E-state index contributed by atoms with van der Waals surface area (Å²) in [5.41, 5.74) is 8.74. The molecule has 3 aliphatic heterocycles. The SMILES string of the molecule is COC(=O)NC(C(=O)N1CCC(C)=C1C1=NC(c2ccc3c(c2)sc2cc(-c4ccc5nc(C6C7CCC(C7)N6C(=O)C(NC(=O)OC)C(C)C)[nH]c5c4)ccc23)=CCC1C)C(C)C. The van der Waals surface area contributed by atoms with E-state index in [0.717, 1.165) is 88.3 Å². The molecule has 1 aliphatic carbocycles. The molecule has 3 aromatic carbocycles. The molecule has 6 unspecified atom stereocenters. The molecule has 2 fully saturated rings. The van der Waals surface area contributed by atoms with Gasteiger partial charge in [-0.25, -0.2) is 14.6 Å². The highest BCUT2D eigenvalue weighted by molar-refractivity contribution is 7.25. The molecule has 2 aromatic heterocycles. The number of H-pyrrole nitrogens is 1. The van der Waals surface area contributed by atoms with Gasteiger partial charge in [-0.15, -0.1) is 11.3 Å². The number of fused-ring (bicyclic) bond motifs is 6. The molecule has 5 heterocycles. The average Bonchev–Trinajstić information content (AvgIpc) is 4.14. The predicted octanol–water partition coefficient (Wildman–Crippen LogP) is 9.74. The number of amides is 4. The zero-order chi connectivity index (χ0) is 45.1. The van der Waals surface area contributed by atoms with E-state index in [1.54, 1.807) is 11.3 Å². The number of ether oxygens (including phenoxy) is 2. The first-order chi connectivity index (χ1) is 30.7. The van der Waals surface area contributed by atoms with Gasteiger partial charge in [-0.1, -0.05) is 71.0 Å². The highest BCUT2D eigenvalue weighted by Crippen LogP contribution is 2.50. The lowest BCUT2D eigenvalue weighted by atomic mass is 9.92. The average molecular weight is 884 g/mol. The van der Waals surface area contributed by atoms with E-state index in [2.05, 4.69) is 90.1 Å². The number of thiophene rings is 1. The van der Waals surface area contributed by atoms with E-state index in [9.17, 15) is 19.2 Å². The second-order valence-electron chi connectivity index (χ2n) is 18.6. The second kappa shape index (κ2) is 17.2. The first-order valence-electron chi connectivity index (χ1n) is 22.5. The van der Waals surface area contributed by atoms with Crippen LogP contribution in [0.4, 0.5) is 9.59 Å². The molecule has 6 atom stereocenters. The molecule has 9 rings (SSSR count). The van der Waals surface area contributed by atoms with Crippen molar-refractivity contribution < 1.29 is 28.7 Å². The summed E-state index contributed by atoms with van der Waals surface area (Å²) in [6.07, 6.45) is 5.43. The van der Waals surface area contributed by atoms with Crippen LogP contribution in [0.1, 0.15) is 91.1 Å². The van der Waals surface area contributed by atoms with E-state index in [0.29, 0.717) is 12.5 Å². The van der Waals surface area contributed by atoms with Crippen molar-refractivity contribution in [1.29, 1.82) is 0 Å². The summed E-state index contributed by atoms with van der Waals surface area (Å²) in [5, 5.41) is 7.91. The molecule has 2 bridgehead atoms. The Morgan fingerprint density at radius 2 is 1.45 bits per heavy atom. The van der Waals surface area contributed by atoms with Crippen LogP contribution in [-0.2, 0) is 19.1 Å².